The van der Waals surface area contributed by atoms with E-state index in [1.807, 2.05) is 28.1 Å². The number of thioether (sulfide) groups is 2. The molecule has 2 heterocycles. The Morgan fingerprint density at radius 1 is 1.57 bits per heavy atom. The third kappa shape index (κ3) is 2.43. The molecule has 1 saturated heterocycles. The summed E-state index contributed by atoms with van der Waals surface area (Å²) >= 11 is 4.00. The van der Waals surface area contributed by atoms with Crippen LogP contribution >= 0.6 is 23.5 Å². The molecule has 1 aliphatic rings. The largest absolute Gasteiger partial charge is 0.388 e. The summed E-state index contributed by atoms with van der Waals surface area (Å²) in [6, 6.07) is 0. The lowest BCUT2D eigenvalue weighted by atomic mass is 10.4. The van der Waals surface area contributed by atoms with Crippen LogP contribution in [0.15, 0.2) is 6.33 Å². The van der Waals surface area contributed by atoms with Gasteiger partial charge >= 0.3 is 0 Å². The van der Waals surface area contributed by atoms with Crippen molar-refractivity contribution in [1.82, 2.24) is 14.8 Å². The molecule has 1 aromatic rings. The van der Waals surface area contributed by atoms with E-state index < -0.39 is 0 Å². The van der Waals surface area contributed by atoms with Crippen LogP contribution in [-0.2, 0) is 13.2 Å². The Morgan fingerprint density at radius 2 is 2.50 bits per heavy atom. The molecular weight excluding hydrogens is 218 g/mol. The number of nitrogens with zero attached hydrogens (tertiary/aromatic N) is 3. The molecule has 1 aromatic heterocycles. The molecule has 0 amide bonds. The summed E-state index contributed by atoms with van der Waals surface area (Å²) in [5.41, 5.74) is 0. The second kappa shape index (κ2) is 5.04. The van der Waals surface area contributed by atoms with Crippen LogP contribution in [-0.4, -0.2) is 42.4 Å². The van der Waals surface area contributed by atoms with Crippen molar-refractivity contribution < 1.29 is 5.11 Å². The molecular formula is C8H13N3OS2. The molecule has 0 aliphatic carbocycles. The summed E-state index contributed by atoms with van der Waals surface area (Å²) in [4.78, 5) is 0. The fourth-order valence-corrected chi connectivity index (χ4v) is 4.08. The minimum atomic E-state index is -0.0233. The van der Waals surface area contributed by atoms with Gasteiger partial charge in [-0.25, -0.2) is 0 Å². The molecule has 1 aliphatic heterocycles. The number of hydrogen-bond acceptors (Lipinski definition) is 5. The van der Waals surface area contributed by atoms with Gasteiger partial charge in [-0.15, -0.1) is 10.2 Å². The van der Waals surface area contributed by atoms with Crippen molar-refractivity contribution in [1.29, 1.82) is 0 Å². The van der Waals surface area contributed by atoms with Gasteiger partial charge in [0.1, 0.15) is 12.9 Å². The zero-order valence-electron chi connectivity index (χ0n) is 7.80. The first-order valence-corrected chi connectivity index (χ1v) is 6.77. The Labute approximate surface area is 91.5 Å². The zero-order chi connectivity index (χ0) is 9.80. The van der Waals surface area contributed by atoms with E-state index in [9.17, 15) is 0 Å². The van der Waals surface area contributed by atoms with E-state index in [2.05, 4.69) is 10.2 Å². The first-order valence-electron chi connectivity index (χ1n) is 4.57. The lowest BCUT2D eigenvalue weighted by Gasteiger charge is -2.21. The highest BCUT2D eigenvalue weighted by molar-refractivity contribution is 8.06. The number of aliphatic hydroxyl groups excluding tert-OH is 1. The van der Waals surface area contributed by atoms with Crippen LogP contribution in [0.3, 0.4) is 0 Å². The molecule has 0 aromatic carbocycles. The minimum absolute atomic E-state index is 0.0233. The normalized spacial score (nSPS) is 22.5. The SMILES string of the molecule is OCc1nncn1CC1CSCCS1. The van der Waals surface area contributed by atoms with Gasteiger partial charge in [0.05, 0.1) is 0 Å². The highest BCUT2D eigenvalue weighted by Gasteiger charge is 2.16. The summed E-state index contributed by atoms with van der Waals surface area (Å²) in [6.07, 6.45) is 1.70. The molecule has 1 N–H and O–H groups in total. The number of rotatable bonds is 3. The average Bonchev–Trinajstić information content (AvgIpc) is 2.67. The maximum absolute atomic E-state index is 9.00. The summed E-state index contributed by atoms with van der Waals surface area (Å²) < 4.78 is 1.95. The van der Waals surface area contributed by atoms with Crippen LogP contribution in [0.5, 0.6) is 0 Å². The molecule has 2 rings (SSSR count). The molecule has 0 saturated carbocycles. The third-order valence-electron chi connectivity index (χ3n) is 2.12. The third-order valence-corrected chi connectivity index (χ3v) is 4.95. The average molecular weight is 231 g/mol. The second-order valence-corrected chi connectivity index (χ2v) is 5.68. The standard InChI is InChI=1S/C8H13N3OS2/c12-4-8-10-9-6-11(8)3-7-5-13-1-2-14-7/h6-7,12H,1-5H2. The van der Waals surface area contributed by atoms with Gasteiger partial charge in [0.2, 0.25) is 0 Å². The van der Waals surface area contributed by atoms with E-state index in [4.69, 9.17) is 5.11 Å². The van der Waals surface area contributed by atoms with Crippen LogP contribution in [0.1, 0.15) is 5.82 Å². The Morgan fingerprint density at radius 3 is 3.21 bits per heavy atom. The highest BCUT2D eigenvalue weighted by Crippen LogP contribution is 2.25. The summed E-state index contributed by atoms with van der Waals surface area (Å²) in [7, 11) is 0. The first kappa shape index (κ1) is 10.3. The van der Waals surface area contributed by atoms with E-state index in [0.717, 1.165) is 6.54 Å². The van der Waals surface area contributed by atoms with E-state index in [1.165, 1.54) is 17.3 Å². The molecule has 0 bridgehead atoms. The van der Waals surface area contributed by atoms with Crippen molar-refractivity contribution in [3.63, 3.8) is 0 Å². The summed E-state index contributed by atoms with van der Waals surface area (Å²) in [5.74, 6) is 4.34. The second-order valence-electron chi connectivity index (χ2n) is 3.13. The molecule has 0 spiro atoms. The zero-order valence-corrected chi connectivity index (χ0v) is 9.43. The van der Waals surface area contributed by atoms with Gasteiger partial charge in [-0.1, -0.05) is 0 Å². The Balaban J connectivity index is 1.95. The van der Waals surface area contributed by atoms with Crippen LogP contribution in [0.25, 0.3) is 0 Å². The van der Waals surface area contributed by atoms with Gasteiger partial charge in [-0.05, 0) is 0 Å². The molecule has 0 radical (unpaired) electrons. The van der Waals surface area contributed by atoms with E-state index in [-0.39, 0.29) is 6.61 Å². The maximum atomic E-state index is 9.00. The molecule has 4 nitrogen and oxygen atoms in total. The Kier molecular flexibility index (Phi) is 3.72. The number of aliphatic hydroxyl groups is 1. The topological polar surface area (TPSA) is 50.9 Å². The fourth-order valence-electron chi connectivity index (χ4n) is 1.42. The lowest BCUT2D eigenvalue weighted by Crippen LogP contribution is -2.21. The first-order chi connectivity index (χ1) is 6.90. The molecule has 1 fully saturated rings. The van der Waals surface area contributed by atoms with Crippen molar-refractivity contribution in [2.75, 3.05) is 17.3 Å². The van der Waals surface area contributed by atoms with Crippen molar-refractivity contribution in [2.24, 2.45) is 0 Å². The van der Waals surface area contributed by atoms with Crippen molar-refractivity contribution in [3.8, 4) is 0 Å². The summed E-state index contributed by atoms with van der Waals surface area (Å²) in [6.45, 7) is 0.894. The van der Waals surface area contributed by atoms with E-state index in [1.54, 1.807) is 6.33 Å². The molecule has 6 heteroatoms. The van der Waals surface area contributed by atoms with Crippen molar-refractivity contribution in [2.45, 2.75) is 18.4 Å². The van der Waals surface area contributed by atoms with Crippen LogP contribution in [0, 0.1) is 0 Å². The number of aromatic nitrogens is 3. The maximum Gasteiger partial charge on any atom is 0.158 e. The Hall–Kier alpha value is -0.200. The smallest absolute Gasteiger partial charge is 0.158 e. The summed E-state index contributed by atoms with van der Waals surface area (Å²) in [5, 5.41) is 17.3. The molecule has 14 heavy (non-hydrogen) atoms. The van der Waals surface area contributed by atoms with Gasteiger partial charge in [0.15, 0.2) is 5.82 Å². The van der Waals surface area contributed by atoms with E-state index in [0.29, 0.717) is 11.1 Å². The monoisotopic (exact) mass is 231 g/mol. The van der Waals surface area contributed by atoms with Crippen molar-refractivity contribution >= 4 is 23.5 Å². The van der Waals surface area contributed by atoms with Gasteiger partial charge in [0.25, 0.3) is 0 Å². The lowest BCUT2D eigenvalue weighted by molar-refractivity contribution is 0.264. The quantitative estimate of drug-likeness (QED) is 0.826. The van der Waals surface area contributed by atoms with Crippen LogP contribution in [0.4, 0.5) is 0 Å². The van der Waals surface area contributed by atoms with Crippen molar-refractivity contribution in [3.05, 3.63) is 12.2 Å². The minimum Gasteiger partial charge on any atom is -0.388 e. The predicted octanol–water partition coefficient (Wildman–Crippen LogP) is 0.619. The fraction of sp³-hybridized carbons (Fsp3) is 0.750. The van der Waals surface area contributed by atoms with Gasteiger partial charge in [-0.3, -0.25) is 0 Å². The molecule has 1 atom stereocenters. The molecule has 1 unspecified atom stereocenters. The van der Waals surface area contributed by atoms with Crippen LogP contribution < -0.4 is 0 Å². The van der Waals surface area contributed by atoms with Gasteiger partial charge in [0, 0.05) is 29.1 Å². The predicted molar refractivity (Wildman–Crippen MR) is 59.5 cm³/mol. The van der Waals surface area contributed by atoms with Crippen LogP contribution in [0.2, 0.25) is 0 Å². The number of hydrogen-bond donors (Lipinski definition) is 1. The molecule has 78 valence electrons. The van der Waals surface area contributed by atoms with Gasteiger partial charge in [-0.2, -0.15) is 23.5 Å². The highest BCUT2D eigenvalue weighted by atomic mass is 32.2. The van der Waals surface area contributed by atoms with Gasteiger partial charge < -0.3 is 9.67 Å². The van der Waals surface area contributed by atoms with E-state index >= 15 is 0 Å². The Bertz CT molecular complexity index is 286.